The van der Waals surface area contributed by atoms with Gasteiger partial charge >= 0.3 is 8.26 Å². The Morgan fingerprint density at radius 3 is 1.86 bits per heavy atom. The fraction of sp³-hybridized carbons (Fsp3) is 0.100. The summed E-state index contributed by atoms with van der Waals surface area (Å²) in [6, 6.07) is 26.3. The van der Waals surface area contributed by atoms with Crippen LogP contribution in [0.3, 0.4) is 0 Å². The number of nitrogens with zero attached hydrogens (tertiary/aromatic N) is 3. The zero-order valence-electron chi connectivity index (χ0n) is 15.3. The highest BCUT2D eigenvalue weighted by Crippen LogP contribution is 2.34. The molecule has 0 N–H and O–H groups in total. The van der Waals surface area contributed by atoms with Crippen LogP contribution in [0.2, 0.25) is 0 Å². The number of anilines is 1. The van der Waals surface area contributed by atoms with Crippen LogP contribution in [0.1, 0.15) is 0 Å². The lowest BCUT2D eigenvalue weighted by Crippen LogP contribution is -2.08. The van der Waals surface area contributed by atoms with E-state index in [0.29, 0.717) is 0 Å². The van der Waals surface area contributed by atoms with Crippen molar-refractivity contribution in [3.8, 4) is 11.1 Å². The second-order valence-electron chi connectivity index (χ2n) is 5.88. The van der Waals surface area contributed by atoms with Gasteiger partial charge in [0, 0.05) is 46.7 Å². The molecule has 0 heterocycles. The summed E-state index contributed by atoms with van der Waals surface area (Å²) in [5.74, 6) is 0. The minimum atomic E-state index is -3.72. The molecule has 0 aliphatic heterocycles. The van der Waals surface area contributed by atoms with Crippen molar-refractivity contribution in [1.29, 1.82) is 0 Å². The van der Waals surface area contributed by atoms with Gasteiger partial charge in [0.1, 0.15) is 0 Å². The molecule has 0 aromatic heterocycles. The van der Waals surface area contributed by atoms with Gasteiger partial charge < -0.3 is 4.90 Å². The van der Waals surface area contributed by atoms with Gasteiger partial charge in [0.05, 0.1) is 11.4 Å². The second-order valence-corrected chi connectivity index (χ2v) is 9.54. The zero-order chi connectivity index (χ0) is 20.6. The molecule has 0 atom stereocenters. The van der Waals surface area contributed by atoms with Crippen LogP contribution in [0.25, 0.3) is 11.1 Å². The first-order chi connectivity index (χ1) is 13.2. The predicted octanol–water partition coefficient (Wildman–Crippen LogP) is 6.54. The molecule has 0 fully saturated rings. The van der Waals surface area contributed by atoms with Gasteiger partial charge in [-0.25, -0.2) is 0 Å². The summed E-state index contributed by atoms with van der Waals surface area (Å²) in [4.78, 5) is 2.09. The molecule has 0 aliphatic carbocycles. The van der Waals surface area contributed by atoms with Crippen LogP contribution < -0.4 is 4.90 Å². The minimum Gasteiger partial charge on any atom is -0.378 e. The van der Waals surface area contributed by atoms with Crippen LogP contribution in [0.5, 0.6) is 0 Å². The molecule has 3 rings (SSSR count). The molecular formula is C20H19Cl2N3O2S. The summed E-state index contributed by atoms with van der Waals surface area (Å²) in [7, 11) is 8.89. The van der Waals surface area contributed by atoms with Crippen molar-refractivity contribution in [1.82, 2.24) is 0 Å². The normalized spacial score (nSPS) is 11.0. The van der Waals surface area contributed by atoms with Crippen molar-refractivity contribution in [2.75, 3.05) is 19.0 Å². The van der Waals surface area contributed by atoms with Crippen LogP contribution in [-0.4, -0.2) is 22.5 Å². The largest absolute Gasteiger partial charge is 0.378 e. The molecule has 0 amide bonds. The highest BCUT2D eigenvalue weighted by molar-refractivity contribution is 8.31. The lowest BCUT2D eigenvalue weighted by molar-refractivity contribution is 0.621. The second kappa shape index (κ2) is 10.2. The predicted molar refractivity (Wildman–Crippen MR) is 117 cm³/mol. The molecule has 3 aromatic rings. The zero-order valence-corrected chi connectivity index (χ0v) is 17.7. The van der Waals surface area contributed by atoms with Gasteiger partial charge in [-0.05, 0) is 35.9 Å². The summed E-state index contributed by atoms with van der Waals surface area (Å²) < 4.78 is 18.3. The molecule has 0 bridgehead atoms. The Bertz CT molecular complexity index is 1020. The molecule has 0 aliphatic rings. The first kappa shape index (κ1) is 21.9. The van der Waals surface area contributed by atoms with Crippen molar-refractivity contribution in [3.63, 3.8) is 0 Å². The Labute approximate surface area is 174 Å². The lowest BCUT2D eigenvalue weighted by Gasteiger charge is -2.15. The monoisotopic (exact) mass is 435 g/mol. The van der Waals surface area contributed by atoms with Gasteiger partial charge in [0.25, 0.3) is 0 Å². The van der Waals surface area contributed by atoms with Crippen molar-refractivity contribution >= 4 is 46.7 Å². The summed E-state index contributed by atoms with van der Waals surface area (Å²) in [6.45, 7) is 0. The highest BCUT2D eigenvalue weighted by atomic mass is 36.0. The van der Waals surface area contributed by atoms with Gasteiger partial charge in [-0.3, -0.25) is 0 Å². The first-order valence-corrected chi connectivity index (χ1v) is 11.4. The fourth-order valence-corrected chi connectivity index (χ4v) is 2.34. The van der Waals surface area contributed by atoms with E-state index in [9.17, 15) is 0 Å². The number of halogens is 2. The van der Waals surface area contributed by atoms with Gasteiger partial charge in [0.15, 0.2) is 0 Å². The van der Waals surface area contributed by atoms with Crippen LogP contribution in [0, 0.1) is 0 Å². The van der Waals surface area contributed by atoms with Gasteiger partial charge in [-0.2, -0.15) is 13.5 Å². The van der Waals surface area contributed by atoms with Crippen molar-refractivity contribution < 1.29 is 8.42 Å². The molecule has 8 heteroatoms. The maximum atomic E-state index is 9.16. The average Bonchev–Trinajstić information content (AvgIpc) is 2.66. The number of rotatable bonds is 4. The van der Waals surface area contributed by atoms with E-state index in [0.717, 1.165) is 28.2 Å². The third-order valence-corrected chi connectivity index (χ3v) is 3.61. The van der Waals surface area contributed by atoms with Crippen LogP contribution >= 0.6 is 21.4 Å². The van der Waals surface area contributed by atoms with Crippen LogP contribution in [0.15, 0.2) is 89.1 Å². The Morgan fingerprint density at radius 1 is 0.786 bits per heavy atom. The van der Waals surface area contributed by atoms with Gasteiger partial charge in [-0.1, -0.05) is 48.5 Å². The van der Waals surface area contributed by atoms with Crippen LogP contribution in [0.4, 0.5) is 17.1 Å². The molecule has 0 radical (unpaired) electrons. The van der Waals surface area contributed by atoms with Crippen LogP contribution in [-0.2, 0) is 8.26 Å². The third kappa shape index (κ3) is 7.68. The molecule has 0 saturated carbocycles. The first-order valence-electron chi connectivity index (χ1n) is 8.22. The van der Waals surface area contributed by atoms with E-state index < -0.39 is 8.26 Å². The molecule has 0 unspecified atom stereocenters. The molecule has 28 heavy (non-hydrogen) atoms. The number of hydrogen-bond acceptors (Lipinski definition) is 5. The molecule has 5 nitrogen and oxygen atoms in total. The Morgan fingerprint density at radius 2 is 1.32 bits per heavy atom. The minimum absolute atomic E-state index is 0.850. The smallest absolute Gasteiger partial charge is 0.317 e. The number of hydrogen-bond donors (Lipinski definition) is 0. The van der Waals surface area contributed by atoms with E-state index in [4.69, 9.17) is 8.42 Å². The van der Waals surface area contributed by atoms with Crippen molar-refractivity contribution in [2.24, 2.45) is 10.2 Å². The summed E-state index contributed by atoms with van der Waals surface area (Å²) in [5.41, 5.74) is 5.08. The maximum Gasteiger partial charge on any atom is 0.317 e. The SMILES string of the molecule is CN(C)c1ccc(N=Nc2ccccc2)c(-c2ccccc2)c1.O=S(=O)(Cl)Cl. The lowest BCUT2D eigenvalue weighted by atomic mass is 10.0. The van der Waals surface area contributed by atoms with Crippen molar-refractivity contribution in [2.45, 2.75) is 0 Å². The van der Waals surface area contributed by atoms with E-state index in [1.807, 2.05) is 68.7 Å². The molecule has 0 spiro atoms. The maximum absolute atomic E-state index is 9.16. The van der Waals surface area contributed by atoms with E-state index in [1.165, 1.54) is 0 Å². The Balaban J connectivity index is 0.000000500. The van der Waals surface area contributed by atoms with Gasteiger partial charge in [-0.15, -0.1) is 5.11 Å². The standard InChI is InChI=1S/C20H19N3.Cl2O2S/c1-23(2)18-13-14-20(22-21-17-11-7-4-8-12-17)19(15-18)16-9-5-3-6-10-16;1-5(2,3)4/h3-15H,1-2H3;. The summed E-state index contributed by atoms with van der Waals surface area (Å²) in [6.07, 6.45) is 0. The Kier molecular flexibility index (Phi) is 7.99. The summed E-state index contributed by atoms with van der Waals surface area (Å²) in [5, 5.41) is 8.81. The van der Waals surface area contributed by atoms with E-state index in [2.05, 4.69) is 60.8 Å². The topological polar surface area (TPSA) is 62.1 Å². The number of benzene rings is 3. The van der Waals surface area contributed by atoms with Gasteiger partial charge in [0.2, 0.25) is 0 Å². The fourth-order valence-electron chi connectivity index (χ4n) is 2.34. The molecular weight excluding hydrogens is 417 g/mol. The Hall–Kier alpha value is -2.41. The van der Waals surface area contributed by atoms with E-state index >= 15 is 0 Å². The molecule has 0 saturated heterocycles. The van der Waals surface area contributed by atoms with Crippen molar-refractivity contribution in [3.05, 3.63) is 78.9 Å². The number of azo groups is 1. The molecule has 146 valence electrons. The van der Waals surface area contributed by atoms with E-state index in [-0.39, 0.29) is 0 Å². The van der Waals surface area contributed by atoms with E-state index in [1.54, 1.807) is 0 Å². The quantitative estimate of drug-likeness (QED) is 0.344. The average molecular weight is 436 g/mol. The third-order valence-electron chi connectivity index (χ3n) is 3.61. The molecule has 3 aromatic carbocycles. The highest BCUT2D eigenvalue weighted by Gasteiger charge is 2.07. The summed E-state index contributed by atoms with van der Waals surface area (Å²) >= 11 is 0.